The van der Waals surface area contributed by atoms with Crippen molar-refractivity contribution in [3.8, 4) is 0 Å². The molecule has 0 atom stereocenters. The van der Waals surface area contributed by atoms with E-state index in [9.17, 15) is 9.59 Å². The topological polar surface area (TPSA) is 78.4 Å². The maximum Gasteiger partial charge on any atom is 0.267 e. The molecule has 7 nitrogen and oxygen atoms in total. The fourth-order valence-electron chi connectivity index (χ4n) is 3.16. The van der Waals surface area contributed by atoms with Gasteiger partial charge in [-0.2, -0.15) is 0 Å². The van der Waals surface area contributed by atoms with Gasteiger partial charge in [-0.3, -0.25) is 14.9 Å². The number of anilines is 2. The van der Waals surface area contributed by atoms with E-state index in [1.807, 2.05) is 39.9 Å². The minimum Gasteiger partial charge on any atom is -0.353 e. The Morgan fingerprint density at radius 2 is 1.93 bits per heavy atom. The minimum absolute atomic E-state index is 0.142. The molecule has 1 aliphatic rings. The summed E-state index contributed by atoms with van der Waals surface area (Å²) in [6.07, 6.45) is 2.79. The molecular weight excluding hydrogens is 406 g/mol. The van der Waals surface area contributed by atoms with E-state index >= 15 is 0 Å². The number of nitrogens with zero attached hydrogens (tertiary/aromatic N) is 4. The summed E-state index contributed by atoms with van der Waals surface area (Å²) in [5.74, 6) is 0.949. The Kier molecular flexibility index (Phi) is 6.16. The van der Waals surface area contributed by atoms with E-state index in [0.29, 0.717) is 35.9 Å². The summed E-state index contributed by atoms with van der Waals surface area (Å²) >= 11 is 2.78. The summed E-state index contributed by atoms with van der Waals surface area (Å²) in [4.78, 5) is 38.2. The number of nitrogens with one attached hydrogen (secondary N) is 1. The zero-order chi connectivity index (χ0) is 20.1. The number of carbonyl (C=O) groups is 2. The van der Waals surface area contributed by atoms with E-state index in [1.54, 1.807) is 12.3 Å². The SMILES string of the molecule is O=C(Nc1nc(CCC(=O)N2CCN(c3ccccn3)CC2)cs1)c1cccs1. The molecule has 4 heterocycles. The molecule has 3 aromatic heterocycles. The van der Waals surface area contributed by atoms with Crippen LogP contribution in [-0.2, 0) is 11.2 Å². The summed E-state index contributed by atoms with van der Waals surface area (Å²) in [7, 11) is 0. The van der Waals surface area contributed by atoms with Crippen molar-refractivity contribution in [3.05, 3.63) is 57.9 Å². The lowest BCUT2D eigenvalue weighted by Crippen LogP contribution is -2.49. The number of carbonyl (C=O) groups excluding carboxylic acids is 2. The molecule has 0 radical (unpaired) electrons. The van der Waals surface area contributed by atoms with Crippen molar-refractivity contribution >= 4 is 45.4 Å². The third kappa shape index (κ3) is 4.99. The maximum atomic E-state index is 12.6. The lowest BCUT2D eigenvalue weighted by atomic mass is 10.2. The van der Waals surface area contributed by atoms with Gasteiger partial charge in [-0.25, -0.2) is 9.97 Å². The number of pyridine rings is 1. The first-order chi connectivity index (χ1) is 14.2. The smallest absolute Gasteiger partial charge is 0.267 e. The van der Waals surface area contributed by atoms with Crippen molar-refractivity contribution in [2.24, 2.45) is 0 Å². The van der Waals surface area contributed by atoms with Crippen LogP contribution in [0.4, 0.5) is 10.9 Å². The minimum atomic E-state index is -0.150. The molecule has 1 N–H and O–H groups in total. The van der Waals surface area contributed by atoms with Crippen molar-refractivity contribution < 1.29 is 9.59 Å². The normalized spacial score (nSPS) is 14.1. The Labute approximate surface area is 177 Å². The quantitative estimate of drug-likeness (QED) is 0.654. The predicted octanol–water partition coefficient (Wildman–Crippen LogP) is 3.13. The molecule has 0 saturated carbocycles. The molecule has 1 aliphatic heterocycles. The summed E-state index contributed by atoms with van der Waals surface area (Å²) in [5.41, 5.74) is 0.831. The van der Waals surface area contributed by atoms with Gasteiger partial charge in [-0.1, -0.05) is 12.1 Å². The Bertz CT molecular complexity index is 950. The highest BCUT2D eigenvalue weighted by molar-refractivity contribution is 7.14. The average Bonchev–Trinajstić information content (AvgIpc) is 3.45. The maximum absolute atomic E-state index is 12.6. The second-order valence-electron chi connectivity index (χ2n) is 6.63. The summed E-state index contributed by atoms with van der Waals surface area (Å²) in [6, 6.07) is 9.50. The molecule has 0 unspecified atom stereocenters. The fraction of sp³-hybridized carbons (Fsp3) is 0.300. The molecule has 1 saturated heterocycles. The highest BCUT2D eigenvalue weighted by atomic mass is 32.1. The van der Waals surface area contributed by atoms with Gasteiger partial charge in [0.05, 0.1) is 10.6 Å². The number of thiophene rings is 1. The van der Waals surface area contributed by atoms with E-state index < -0.39 is 0 Å². The first-order valence-corrected chi connectivity index (χ1v) is 11.2. The van der Waals surface area contributed by atoms with E-state index in [4.69, 9.17) is 0 Å². The number of thiazole rings is 1. The Hall–Kier alpha value is -2.78. The first kappa shape index (κ1) is 19.5. The van der Waals surface area contributed by atoms with Crippen molar-refractivity contribution in [2.45, 2.75) is 12.8 Å². The lowest BCUT2D eigenvalue weighted by molar-refractivity contribution is -0.131. The third-order valence-electron chi connectivity index (χ3n) is 4.72. The molecule has 0 aromatic carbocycles. The van der Waals surface area contributed by atoms with Crippen LogP contribution in [-0.4, -0.2) is 52.9 Å². The van der Waals surface area contributed by atoms with Gasteiger partial charge < -0.3 is 9.80 Å². The predicted molar refractivity (Wildman–Crippen MR) is 116 cm³/mol. The molecule has 0 aliphatic carbocycles. The zero-order valence-corrected chi connectivity index (χ0v) is 17.4. The number of aryl methyl sites for hydroxylation is 1. The van der Waals surface area contributed by atoms with Crippen LogP contribution in [0.3, 0.4) is 0 Å². The fourth-order valence-corrected chi connectivity index (χ4v) is 4.52. The molecule has 4 rings (SSSR count). The Morgan fingerprint density at radius 3 is 2.66 bits per heavy atom. The standard InChI is InChI=1S/C20H21N5O2S2/c26-18(25-11-9-24(10-12-25)17-5-1-2-8-21-17)7-6-15-14-29-20(22-15)23-19(27)16-4-3-13-28-16/h1-5,8,13-14H,6-7,9-12H2,(H,22,23,27). The molecule has 3 aromatic rings. The number of amides is 2. The van der Waals surface area contributed by atoms with Crippen molar-refractivity contribution in [2.75, 3.05) is 36.4 Å². The number of hydrogen-bond acceptors (Lipinski definition) is 7. The highest BCUT2D eigenvalue weighted by Crippen LogP contribution is 2.19. The first-order valence-electron chi connectivity index (χ1n) is 9.42. The van der Waals surface area contributed by atoms with Crippen LogP contribution in [0, 0.1) is 0 Å². The lowest BCUT2D eigenvalue weighted by Gasteiger charge is -2.35. The summed E-state index contributed by atoms with van der Waals surface area (Å²) < 4.78 is 0. The van der Waals surface area contributed by atoms with Gasteiger partial charge in [0, 0.05) is 44.2 Å². The Balaban J connectivity index is 1.23. The van der Waals surface area contributed by atoms with Crippen LogP contribution in [0.2, 0.25) is 0 Å². The van der Waals surface area contributed by atoms with E-state index in [-0.39, 0.29) is 11.8 Å². The molecular formula is C20H21N5O2S2. The monoisotopic (exact) mass is 427 g/mol. The van der Waals surface area contributed by atoms with Crippen molar-refractivity contribution in [3.63, 3.8) is 0 Å². The zero-order valence-electron chi connectivity index (χ0n) is 15.8. The number of aromatic nitrogens is 2. The van der Waals surface area contributed by atoms with Gasteiger partial charge in [-0.15, -0.1) is 22.7 Å². The van der Waals surface area contributed by atoms with Crippen LogP contribution in [0.25, 0.3) is 0 Å². The van der Waals surface area contributed by atoms with Crippen LogP contribution in [0.5, 0.6) is 0 Å². The second-order valence-corrected chi connectivity index (χ2v) is 8.44. The number of hydrogen-bond donors (Lipinski definition) is 1. The average molecular weight is 428 g/mol. The molecule has 29 heavy (non-hydrogen) atoms. The largest absolute Gasteiger partial charge is 0.353 e. The van der Waals surface area contributed by atoms with Crippen LogP contribution in [0.15, 0.2) is 47.3 Å². The van der Waals surface area contributed by atoms with E-state index in [1.165, 1.54) is 22.7 Å². The van der Waals surface area contributed by atoms with Crippen molar-refractivity contribution in [1.82, 2.24) is 14.9 Å². The van der Waals surface area contributed by atoms with Gasteiger partial charge in [0.1, 0.15) is 5.82 Å². The van der Waals surface area contributed by atoms with Crippen LogP contribution in [0.1, 0.15) is 21.8 Å². The second kappa shape index (κ2) is 9.15. The van der Waals surface area contributed by atoms with Gasteiger partial charge in [-0.05, 0) is 30.0 Å². The van der Waals surface area contributed by atoms with Crippen molar-refractivity contribution in [1.29, 1.82) is 0 Å². The van der Waals surface area contributed by atoms with E-state index in [0.717, 1.165) is 24.6 Å². The van der Waals surface area contributed by atoms with Gasteiger partial charge in [0.15, 0.2) is 5.13 Å². The molecule has 1 fully saturated rings. The van der Waals surface area contributed by atoms with Crippen LogP contribution >= 0.6 is 22.7 Å². The molecule has 9 heteroatoms. The summed E-state index contributed by atoms with van der Waals surface area (Å²) in [5, 5.41) is 7.14. The molecule has 2 amide bonds. The molecule has 0 bridgehead atoms. The van der Waals surface area contributed by atoms with Gasteiger partial charge in [0.2, 0.25) is 5.91 Å². The number of piperazine rings is 1. The highest BCUT2D eigenvalue weighted by Gasteiger charge is 2.21. The molecule has 150 valence electrons. The van der Waals surface area contributed by atoms with Crippen LogP contribution < -0.4 is 10.2 Å². The van der Waals surface area contributed by atoms with Gasteiger partial charge >= 0.3 is 0 Å². The van der Waals surface area contributed by atoms with E-state index in [2.05, 4.69) is 20.2 Å². The Morgan fingerprint density at radius 1 is 1.07 bits per heavy atom. The molecule has 0 spiro atoms. The van der Waals surface area contributed by atoms with Gasteiger partial charge in [0.25, 0.3) is 5.91 Å². The summed E-state index contributed by atoms with van der Waals surface area (Å²) in [6.45, 7) is 2.99. The number of rotatable bonds is 6. The third-order valence-corrected chi connectivity index (χ3v) is 6.39.